The van der Waals surface area contributed by atoms with E-state index in [0.29, 0.717) is 11.6 Å². The summed E-state index contributed by atoms with van der Waals surface area (Å²) in [6.07, 6.45) is 1.34. The Morgan fingerprint density at radius 3 is 2.57 bits per heavy atom. The molecule has 2 heterocycles. The van der Waals surface area contributed by atoms with Crippen molar-refractivity contribution in [3.05, 3.63) is 35.4 Å². The number of hydrogen-bond donors (Lipinski definition) is 2. The summed E-state index contributed by atoms with van der Waals surface area (Å²) < 4.78 is 37.4. The van der Waals surface area contributed by atoms with E-state index in [0.717, 1.165) is 0 Å². The van der Waals surface area contributed by atoms with Gasteiger partial charge in [-0.1, -0.05) is 0 Å². The minimum absolute atomic E-state index is 0.0432. The van der Waals surface area contributed by atoms with Crippen LogP contribution in [0, 0.1) is 13.8 Å². The molecule has 0 aliphatic heterocycles. The lowest BCUT2D eigenvalue weighted by atomic mass is 10.2. The van der Waals surface area contributed by atoms with Gasteiger partial charge < -0.3 is 14.3 Å². The molecular formula is C13H16N2O5S. The first-order valence-corrected chi connectivity index (χ1v) is 7.60. The number of sulfonamides is 1. The van der Waals surface area contributed by atoms with Gasteiger partial charge in [-0.3, -0.25) is 4.72 Å². The zero-order valence-corrected chi connectivity index (χ0v) is 12.7. The number of aliphatic hydroxyl groups is 1. The quantitative estimate of drug-likeness (QED) is 0.869. The molecule has 0 saturated heterocycles. The molecule has 0 radical (unpaired) electrons. The van der Waals surface area contributed by atoms with E-state index in [1.54, 1.807) is 6.92 Å². The van der Waals surface area contributed by atoms with E-state index in [9.17, 15) is 13.5 Å². The maximum Gasteiger partial charge on any atom is 0.265 e. The van der Waals surface area contributed by atoms with Crippen molar-refractivity contribution in [3.8, 4) is 5.88 Å². The third-order valence-corrected chi connectivity index (χ3v) is 4.53. The van der Waals surface area contributed by atoms with Crippen LogP contribution in [0.4, 0.5) is 5.69 Å². The van der Waals surface area contributed by atoms with Gasteiger partial charge in [0.2, 0.25) is 5.88 Å². The molecule has 114 valence electrons. The predicted octanol–water partition coefficient (Wildman–Crippen LogP) is 1.59. The molecule has 2 aromatic heterocycles. The second-order valence-corrected chi connectivity index (χ2v) is 5.99. The van der Waals surface area contributed by atoms with E-state index in [4.69, 9.17) is 9.15 Å². The molecule has 0 amide bonds. The molecule has 0 aromatic carbocycles. The number of methoxy groups -OCH3 is 1. The van der Waals surface area contributed by atoms with Crippen LogP contribution in [0.1, 0.15) is 17.1 Å². The summed E-state index contributed by atoms with van der Waals surface area (Å²) in [5.74, 6) is 0.984. The highest BCUT2D eigenvalue weighted by molar-refractivity contribution is 7.92. The van der Waals surface area contributed by atoms with Crippen molar-refractivity contribution >= 4 is 15.7 Å². The lowest BCUT2D eigenvalue weighted by Crippen LogP contribution is -2.15. The molecule has 7 nitrogen and oxygen atoms in total. The van der Waals surface area contributed by atoms with Crippen molar-refractivity contribution in [2.45, 2.75) is 25.3 Å². The highest BCUT2D eigenvalue weighted by Gasteiger charge is 2.26. The molecule has 0 spiro atoms. The lowest BCUT2D eigenvalue weighted by Gasteiger charge is -2.09. The topological polar surface area (TPSA) is 102 Å². The molecule has 0 atom stereocenters. The summed E-state index contributed by atoms with van der Waals surface area (Å²) >= 11 is 0. The third kappa shape index (κ3) is 3.01. The second-order valence-electron chi connectivity index (χ2n) is 4.37. The predicted molar refractivity (Wildman–Crippen MR) is 75.7 cm³/mol. The first kappa shape index (κ1) is 15.3. The summed E-state index contributed by atoms with van der Waals surface area (Å²) in [6.45, 7) is 2.72. The Bertz CT molecular complexity index is 735. The van der Waals surface area contributed by atoms with Crippen molar-refractivity contribution in [1.29, 1.82) is 0 Å². The zero-order chi connectivity index (χ0) is 15.6. The van der Waals surface area contributed by atoms with Crippen molar-refractivity contribution in [3.63, 3.8) is 0 Å². The van der Waals surface area contributed by atoms with Crippen molar-refractivity contribution < 1.29 is 22.7 Å². The zero-order valence-electron chi connectivity index (χ0n) is 11.9. The second kappa shape index (κ2) is 5.74. The van der Waals surface area contributed by atoms with Crippen LogP contribution < -0.4 is 9.46 Å². The Morgan fingerprint density at radius 2 is 2.05 bits per heavy atom. The minimum atomic E-state index is -3.87. The summed E-state index contributed by atoms with van der Waals surface area (Å²) in [7, 11) is -2.40. The van der Waals surface area contributed by atoms with E-state index < -0.39 is 16.6 Å². The summed E-state index contributed by atoms with van der Waals surface area (Å²) in [5, 5.41) is 9.33. The van der Waals surface area contributed by atoms with Crippen LogP contribution in [-0.2, 0) is 16.6 Å². The van der Waals surface area contributed by atoms with E-state index in [2.05, 4.69) is 9.71 Å². The molecule has 8 heteroatoms. The monoisotopic (exact) mass is 312 g/mol. The summed E-state index contributed by atoms with van der Waals surface area (Å²) in [5.41, 5.74) is 0.541. The maximum atomic E-state index is 12.4. The fourth-order valence-corrected chi connectivity index (χ4v) is 3.50. The van der Waals surface area contributed by atoms with Crippen LogP contribution >= 0.6 is 0 Å². The Morgan fingerprint density at radius 1 is 1.33 bits per heavy atom. The van der Waals surface area contributed by atoms with Crippen LogP contribution in [0.3, 0.4) is 0 Å². The Labute approximate surface area is 122 Å². The van der Waals surface area contributed by atoms with Gasteiger partial charge in [0.1, 0.15) is 16.4 Å². The van der Waals surface area contributed by atoms with Crippen LogP contribution in [0.5, 0.6) is 5.88 Å². The van der Waals surface area contributed by atoms with Crippen LogP contribution in [0.2, 0.25) is 0 Å². The number of nitrogens with zero attached hydrogens (tertiary/aromatic N) is 1. The van der Waals surface area contributed by atoms with E-state index in [1.807, 2.05) is 0 Å². The molecule has 21 heavy (non-hydrogen) atoms. The molecule has 2 aromatic rings. The summed E-state index contributed by atoms with van der Waals surface area (Å²) in [6, 6.07) is 3.07. The fourth-order valence-electron chi connectivity index (χ4n) is 2.01. The number of aryl methyl sites for hydroxylation is 2. The smallest absolute Gasteiger partial charge is 0.265 e. The van der Waals surface area contributed by atoms with E-state index >= 15 is 0 Å². The van der Waals surface area contributed by atoms with Crippen LogP contribution in [-0.4, -0.2) is 25.6 Å². The van der Waals surface area contributed by atoms with Gasteiger partial charge in [-0.2, -0.15) is 0 Å². The van der Waals surface area contributed by atoms with E-state index in [-0.39, 0.29) is 21.9 Å². The van der Waals surface area contributed by atoms with Gasteiger partial charge in [0.25, 0.3) is 10.0 Å². The number of rotatable bonds is 5. The first-order chi connectivity index (χ1) is 9.89. The molecule has 0 unspecified atom stereocenters. The molecule has 2 rings (SSSR count). The number of furan rings is 1. The SMILES string of the molecule is COc1ccc(NS(=O)(=O)c2c(C)oc(C)c2CO)cn1. The van der Waals surface area contributed by atoms with Gasteiger partial charge in [-0.15, -0.1) is 0 Å². The normalized spacial score (nSPS) is 11.4. The van der Waals surface area contributed by atoms with Crippen LogP contribution in [0.15, 0.2) is 27.6 Å². The van der Waals surface area contributed by atoms with Crippen molar-refractivity contribution in [1.82, 2.24) is 4.98 Å². The van der Waals surface area contributed by atoms with E-state index in [1.165, 1.54) is 32.4 Å². The van der Waals surface area contributed by atoms with Gasteiger partial charge >= 0.3 is 0 Å². The number of hydrogen-bond acceptors (Lipinski definition) is 6. The van der Waals surface area contributed by atoms with Gasteiger partial charge in [-0.05, 0) is 19.9 Å². The molecular weight excluding hydrogens is 296 g/mol. The number of aromatic nitrogens is 1. The lowest BCUT2D eigenvalue weighted by molar-refractivity contribution is 0.276. The number of anilines is 1. The largest absolute Gasteiger partial charge is 0.481 e. The van der Waals surface area contributed by atoms with Gasteiger partial charge in [0.15, 0.2) is 0 Å². The first-order valence-electron chi connectivity index (χ1n) is 6.11. The third-order valence-electron chi connectivity index (χ3n) is 2.95. The Kier molecular flexibility index (Phi) is 4.19. The number of ether oxygens (including phenoxy) is 1. The molecule has 0 fully saturated rings. The number of aliphatic hydroxyl groups excluding tert-OH is 1. The molecule has 2 N–H and O–H groups in total. The van der Waals surface area contributed by atoms with Crippen LogP contribution in [0.25, 0.3) is 0 Å². The molecule has 0 aliphatic rings. The average molecular weight is 312 g/mol. The van der Waals surface area contributed by atoms with Crippen molar-refractivity contribution in [2.75, 3.05) is 11.8 Å². The number of nitrogens with one attached hydrogen (secondary N) is 1. The fraction of sp³-hybridized carbons (Fsp3) is 0.308. The summed E-state index contributed by atoms with van der Waals surface area (Å²) in [4.78, 5) is 3.88. The maximum absolute atomic E-state index is 12.4. The highest BCUT2D eigenvalue weighted by Crippen LogP contribution is 2.28. The van der Waals surface area contributed by atoms with Gasteiger partial charge in [0, 0.05) is 11.6 Å². The average Bonchev–Trinajstić information content (AvgIpc) is 2.73. The van der Waals surface area contributed by atoms with Gasteiger partial charge in [-0.25, -0.2) is 13.4 Å². The molecule has 0 saturated carbocycles. The Hall–Kier alpha value is -2.06. The highest BCUT2D eigenvalue weighted by atomic mass is 32.2. The molecule has 0 bridgehead atoms. The number of pyridine rings is 1. The standard InChI is InChI=1S/C13H16N2O5S/c1-8-11(7-16)13(9(2)20-8)21(17,18)15-10-4-5-12(19-3)14-6-10/h4-6,15-16H,7H2,1-3H3. The van der Waals surface area contributed by atoms with Crippen molar-refractivity contribution in [2.24, 2.45) is 0 Å². The molecule has 0 aliphatic carbocycles. The Balaban J connectivity index is 2.38. The van der Waals surface area contributed by atoms with Gasteiger partial charge in [0.05, 0.1) is 25.6 Å². The minimum Gasteiger partial charge on any atom is -0.481 e.